The topological polar surface area (TPSA) is 0 Å². The van der Waals surface area contributed by atoms with Gasteiger partial charge in [-0.1, -0.05) is 133 Å². The molecule has 0 aliphatic carbocycles. The van der Waals surface area contributed by atoms with E-state index < -0.39 is 0 Å². The van der Waals surface area contributed by atoms with Crippen LogP contribution in [0.1, 0.15) is 22.3 Å². The van der Waals surface area contributed by atoms with Gasteiger partial charge in [0.2, 0.25) is 0 Å². The molecular formula is C30H30Si2. The van der Waals surface area contributed by atoms with E-state index in [9.17, 15) is 0 Å². The lowest BCUT2D eigenvalue weighted by molar-refractivity contribution is 0.648. The number of hydrogen-bond acceptors (Lipinski definition) is 0. The number of rotatable bonds is 7. The fraction of sp³-hybridized carbons (Fsp3) is 0.0667. The summed E-state index contributed by atoms with van der Waals surface area (Å²) in [5, 5.41) is -0.334. The minimum Gasteiger partial charge on any atom is -0.102 e. The van der Waals surface area contributed by atoms with Crippen LogP contribution in [0.25, 0.3) is 11.6 Å². The van der Waals surface area contributed by atoms with E-state index in [2.05, 4.69) is 140 Å². The predicted octanol–water partition coefficient (Wildman–Crippen LogP) is 5.25. The minimum absolute atomic E-state index is 0.139. The molecule has 158 valence electrons. The molecule has 1 atom stereocenters. The molecule has 4 aromatic rings. The lowest BCUT2D eigenvalue weighted by Gasteiger charge is -2.48. The first-order valence-corrected chi connectivity index (χ1v) is 13.2. The Balaban J connectivity index is 2.04. The van der Waals surface area contributed by atoms with Gasteiger partial charge < -0.3 is 0 Å². The molecule has 0 aliphatic rings. The summed E-state index contributed by atoms with van der Waals surface area (Å²) in [5.41, 5.74) is 6.55. The van der Waals surface area contributed by atoms with Crippen molar-refractivity contribution >= 4 is 32.1 Å². The third-order valence-corrected chi connectivity index (χ3v) is 12.0. The largest absolute Gasteiger partial charge is 0.102 e. The van der Waals surface area contributed by atoms with E-state index in [1.165, 1.54) is 27.8 Å². The van der Waals surface area contributed by atoms with Crippen molar-refractivity contribution in [3.63, 3.8) is 0 Å². The molecule has 4 aromatic carbocycles. The normalized spacial score (nSPS) is 14.1. The van der Waals surface area contributed by atoms with Crippen molar-refractivity contribution < 1.29 is 0 Å². The molecule has 0 fully saturated rings. The summed E-state index contributed by atoms with van der Waals surface area (Å²) in [5.74, 6) is 0. The average Bonchev–Trinajstić information content (AvgIpc) is 2.88. The van der Waals surface area contributed by atoms with Crippen LogP contribution in [-0.2, 0) is 5.04 Å². The summed E-state index contributed by atoms with van der Waals surface area (Å²) >= 11 is 0. The van der Waals surface area contributed by atoms with E-state index >= 15 is 0 Å². The second kappa shape index (κ2) is 9.51. The van der Waals surface area contributed by atoms with Crippen molar-refractivity contribution in [2.45, 2.75) is 10.1 Å². The average molecular weight is 447 g/mol. The van der Waals surface area contributed by atoms with Crippen LogP contribution in [0.3, 0.4) is 0 Å². The van der Waals surface area contributed by atoms with Crippen LogP contribution in [0.4, 0.5) is 0 Å². The summed E-state index contributed by atoms with van der Waals surface area (Å²) in [6.45, 7) is 4.45. The molecule has 1 unspecified atom stereocenters. The fourth-order valence-electron chi connectivity index (χ4n) is 4.76. The number of allylic oxidation sites excluding steroid dienone is 2. The standard InChI is InChI=1S/C30H30Si2/c1-2-29(31,28(25-17-9-4-10-18-25)23-24-15-7-3-8-16-24)30(32,26-19-11-5-12-20-26)27-21-13-6-14-22-27/h2-23H,1H2,31-32H3. The monoisotopic (exact) mass is 446 g/mol. The molecule has 0 spiro atoms. The Morgan fingerprint density at radius 3 is 1.44 bits per heavy atom. The fourth-order valence-corrected chi connectivity index (χ4v) is 6.91. The summed E-state index contributed by atoms with van der Waals surface area (Å²) in [4.78, 5) is 0. The highest BCUT2D eigenvalue weighted by Gasteiger charge is 2.47. The van der Waals surface area contributed by atoms with Gasteiger partial charge >= 0.3 is 0 Å². The maximum absolute atomic E-state index is 4.45. The van der Waals surface area contributed by atoms with E-state index in [4.69, 9.17) is 0 Å². The first-order valence-electron chi connectivity index (χ1n) is 11.2. The second-order valence-electron chi connectivity index (χ2n) is 8.60. The SMILES string of the molecule is C=CC([SiH3])(C(=Cc1ccccc1)c1ccccc1)C([SiH3])(c1ccccc1)c1ccccc1. The number of benzene rings is 4. The van der Waals surface area contributed by atoms with Crippen molar-refractivity contribution in [3.05, 3.63) is 156 Å². The Morgan fingerprint density at radius 1 is 0.594 bits per heavy atom. The molecule has 2 heteroatoms. The van der Waals surface area contributed by atoms with Crippen LogP contribution in [-0.4, -0.2) is 20.5 Å². The third-order valence-electron chi connectivity index (χ3n) is 6.90. The smallest absolute Gasteiger partial charge is 0.0229 e. The lowest BCUT2D eigenvalue weighted by Crippen LogP contribution is -2.42. The van der Waals surface area contributed by atoms with Gasteiger partial charge in [0, 0.05) is 30.6 Å². The lowest BCUT2D eigenvalue weighted by atomic mass is 9.72. The van der Waals surface area contributed by atoms with Gasteiger partial charge in [-0.15, -0.1) is 6.58 Å². The highest BCUT2D eigenvalue weighted by molar-refractivity contribution is 6.35. The van der Waals surface area contributed by atoms with Crippen LogP contribution in [0.2, 0.25) is 5.04 Å². The molecule has 4 rings (SSSR count). The molecule has 0 heterocycles. The van der Waals surface area contributed by atoms with Gasteiger partial charge in [-0.3, -0.25) is 0 Å². The van der Waals surface area contributed by atoms with Crippen LogP contribution >= 0.6 is 0 Å². The van der Waals surface area contributed by atoms with Crippen LogP contribution in [0.15, 0.2) is 134 Å². The van der Waals surface area contributed by atoms with Gasteiger partial charge in [0.05, 0.1) is 0 Å². The molecule has 0 aliphatic heterocycles. The summed E-state index contributed by atoms with van der Waals surface area (Å²) in [6.07, 6.45) is 4.61. The summed E-state index contributed by atoms with van der Waals surface area (Å²) < 4.78 is 0. The Hall–Kier alpha value is -3.21. The van der Waals surface area contributed by atoms with Crippen LogP contribution in [0.5, 0.6) is 0 Å². The summed E-state index contributed by atoms with van der Waals surface area (Å²) in [6, 6.07) is 43.6. The first kappa shape index (κ1) is 22.0. The molecule has 0 N–H and O–H groups in total. The van der Waals surface area contributed by atoms with Gasteiger partial charge in [0.15, 0.2) is 0 Å². The molecule has 0 saturated carbocycles. The quantitative estimate of drug-likeness (QED) is 0.207. The molecule has 0 radical (unpaired) electrons. The summed E-state index contributed by atoms with van der Waals surface area (Å²) in [7, 11) is 1.87. The predicted molar refractivity (Wildman–Crippen MR) is 147 cm³/mol. The van der Waals surface area contributed by atoms with E-state index in [1.54, 1.807) is 0 Å². The molecule has 0 aromatic heterocycles. The maximum atomic E-state index is 4.45. The van der Waals surface area contributed by atoms with Gasteiger partial charge in [0.25, 0.3) is 0 Å². The van der Waals surface area contributed by atoms with E-state index in [-0.39, 0.29) is 10.1 Å². The molecule has 0 amide bonds. The van der Waals surface area contributed by atoms with Crippen molar-refractivity contribution in [3.8, 4) is 0 Å². The van der Waals surface area contributed by atoms with Crippen molar-refractivity contribution in [2.24, 2.45) is 0 Å². The molecule has 0 saturated heterocycles. The Morgan fingerprint density at radius 2 is 1.00 bits per heavy atom. The molecular weight excluding hydrogens is 417 g/mol. The van der Waals surface area contributed by atoms with Crippen LogP contribution < -0.4 is 0 Å². The zero-order valence-corrected chi connectivity index (χ0v) is 22.9. The maximum Gasteiger partial charge on any atom is 0.0229 e. The molecule has 0 bridgehead atoms. The van der Waals surface area contributed by atoms with Gasteiger partial charge in [0.1, 0.15) is 0 Å². The van der Waals surface area contributed by atoms with Crippen molar-refractivity contribution in [2.75, 3.05) is 0 Å². The minimum atomic E-state index is -0.195. The Bertz CT molecular complexity index is 1140. The first-order chi connectivity index (χ1) is 15.6. The zero-order valence-electron chi connectivity index (χ0n) is 18.9. The highest BCUT2D eigenvalue weighted by Crippen LogP contribution is 2.57. The zero-order chi connectivity index (χ0) is 22.4. The highest BCUT2D eigenvalue weighted by atomic mass is 28.2. The number of hydrogen-bond donors (Lipinski definition) is 0. The van der Waals surface area contributed by atoms with E-state index in [0.29, 0.717) is 0 Å². The van der Waals surface area contributed by atoms with Gasteiger partial charge in [-0.2, -0.15) is 0 Å². The third kappa shape index (κ3) is 4.00. The Labute approximate surface area is 198 Å². The van der Waals surface area contributed by atoms with Gasteiger partial charge in [-0.05, 0) is 27.8 Å². The van der Waals surface area contributed by atoms with Crippen molar-refractivity contribution in [1.29, 1.82) is 0 Å². The molecule has 32 heavy (non-hydrogen) atoms. The Kier molecular flexibility index (Phi) is 6.54. The molecule has 0 nitrogen and oxygen atoms in total. The van der Waals surface area contributed by atoms with Crippen molar-refractivity contribution in [1.82, 2.24) is 0 Å². The second-order valence-corrected chi connectivity index (χ2v) is 11.7. The van der Waals surface area contributed by atoms with Crippen LogP contribution in [0, 0.1) is 0 Å². The van der Waals surface area contributed by atoms with Gasteiger partial charge in [-0.25, -0.2) is 0 Å². The van der Waals surface area contributed by atoms with E-state index in [1.807, 2.05) is 0 Å². The van der Waals surface area contributed by atoms with E-state index in [0.717, 1.165) is 20.5 Å².